The average molecular weight is 302 g/mol. The number of hydrogen-bond acceptors (Lipinski definition) is 4. The molecule has 0 aliphatic carbocycles. The van der Waals surface area contributed by atoms with Crippen LogP contribution in [0, 0.1) is 0 Å². The van der Waals surface area contributed by atoms with Gasteiger partial charge in [0.1, 0.15) is 17.8 Å². The molecular formula is C17H26N4O. The average Bonchev–Trinajstić information content (AvgIpc) is 3.00. The van der Waals surface area contributed by atoms with E-state index in [-0.39, 0.29) is 0 Å². The van der Waals surface area contributed by atoms with Crippen LogP contribution < -0.4 is 0 Å². The van der Waals surface area contributed by atoms with Crippen molar-refractivity contribution in [3.8, 4) is 0 Å². The van der Waals surface area contributed by atoms with Gasteiger partial charge in [0.25, 0.3) is 0 Å². The molecule has 3 aliphatic heterocycles. The van der Waals surface area contributed by atoms with Crippen LogP contribution in [0.3, 0.4) is 0 Å². The molecule has 0 bridgehead atoms. The maximum Gasteiger partial charge on any atom is 0.150 e. The van der Waals surface area contributed by atoms with E-state index in [1.54, 1.807) is 0 Å². The molecule has 1 aromatic rings. The van der Waals surface area contributed by atoms with Gasteiger partial charge in [-0.3, -0.25) is 4.90 Å². The summed E-state index contributed by atoms with van der Waals surface area (Å²) in [7, 11) is 0. The topological polar surface area (TPSA) is 43.2 Å². The van der Waals surface area contributed by atoms with Crippen LogP contribution >= 0.6 is 0 Å². The Hall–Kier alpha value is -1.36. The fraction of sp³-hybridized carbons (Fsp3) is 0.765. The third-order valence-corrected chi connectivity index (χ3v) is 5.26. The molecule has 0 radical (unpaired) electrons. The summed E-state index contributed by atoms with van der Waals surface area (Å²) in [5.41, 5.74) is 0. The highest BCUT2D eigenvalue weighted by Gasteiger charge is 2.31. The van der Waals surface area contributed by atoms with Gasteiger partial charge in [0, 0.05) is 19.5 Å². The van der Waals surface area contributed by atoms with Gasteiger partial charge in [0.05, 0.1) is 12.3 Å². The van der Waals surface area contributed by atoms with Crippen molar-refractivity contribution in [3.05, 3.63) is 24.0 Å². The van der Waals surface area contributed by atoms with Crippen LogP contribution in [0.15, 0.2) is 12.3 Å². The zero-order valence-electron chi connectivity index (χ0n) is 13.3. The normalized spacial score (nSPS) is 29.1. The molecule has 1 fully saturated rings. The van der Waals surface area contributed by atoms with Gasteiger partial charge in [0.2, 0.25) is 0 Å². The molecule has 3 aliphatic rings. The second-order valence-electron chi connectivity index (χ2n) is 6.80. The number of aromatic nitrogens is 3. The lowest BCUT2D eigenvalue weighted by Gasteiger charge is -2.37. The Morgan fingerprint density at radius 3 is 2.95 bits per heavy atom. The minimum Gasteiger partial charge on any atom is -0.497 e. The predicted molar refractivity (Wildman–Crippen MR) is 84.4 cm³/mol. The fourth-order valence-corrected chi connectivity index (χ4v) is 4.06. The molecule has 0 N–H and O–H groups in total. The highest BCUT2D eigenvalue weighted by molar-refractivity contribution is 5.05. The van der Waals surface area contributed by atoms with Crippen molar-refractivity contribution < 1.29 is 4.74 Å². The fourth-order valence-electron chi connectivity index (χ4n) is 4.06. The van der Waals surface area contributed by atoms with Gasteiger partial charge < -0.3 is 9.30 Å². The smallest absolute Gasteiger partial charge is 0.150 e. The van der Waals surface area contributed by atoms with E-state index >= 15 is 0 Å². The van der Waals surface area contributed by atoms with Gasteiger partial charge in [-0.05, 0) is 51.1 Å². The predicted octanol–water partition coefficient (Wildman–Crippen LogP) is 2.83. The molecule has 5 heteroatoms. The molecule has 0 unspecified atom stereocenters. The number of aryl methyl sites for hydroxylation is 1. The highest BCUT2D eigenvalue weighted by atomic mass is 16.5. The van der Waals surface area contributed by atoms with Crippen LogP contribution in [-0.2, 0) is 17.7 Å². The van der Waals surface area contributed by atoms with Crippen LogP contribution in [0.25, 0.3) is 0 Å². The van der Waals surface area contributed by atoms with Crippen molar-refractivity contribution in [2.24, 2.45) is 0 Å². The van der Waals surface area contributed by atoms with Crippen molar-refractivity contribution in [1.29, 1.82) is 0 Å². The van der Waals surface area contributed by atoms with E-state index in [4.69, 9.17) is 4.74 Å². The van der Waals surface area contributed by atoms with Gasteiger partial charge in [-0.25, -0.2) is 0 Å². The Balaban J connectivity index is 1.52. The summed E-state index contributed by atoms with van der Waals surface area (Å²) in [5.74, 6) is 2.41. The molecule has 22 heavy (non-hydrogen) atoms. The highest BCUT2D eigenvalue weighted by Crippen LogP contribution is 2.32. The minimum absolute atomic E-state index is 0.342. The van der Waals surface area contributed by atoms with E-state index in [0.29, 0.717) is 12.1 Å². The number of allylic oxidation sites excluding steroid dienone is 1. The first-order valence-corrected chi connectivity index (χ1v) is 8.88. The van der Waals surface area contributed by atoms with E-state index in [1.165, 1.54) is 43.8 Å². The van der Waals surface area contributed by atoms with Crippen molar-refractivity contribution in [2.75, 3.05) is 13.1 Å². The molecule has 5 nitrogen and oxygen atoms in total. The SMILES string of the molecule is C1=CO[C@@H](CN2CCCC[C@@H]2c2nnc3n2CCCC3)CC1. The molecule has 0 amide bonds. The minimum atomic E-state index is 0.342. The number of nitrogens with zero attached hydrogens (tertiary/aromatic N) is 4. The Morgan fingerprint density at radius 1 is 1.09 bits per heavy atom. The first kappa shape index (κ1) is 14.2. The Bertz CT molecular complexity index is 539. The third kappa shape index (κ3) is 2.78. The van der Waals surface area contributed by atoms with E-state index < -0.39 is 0 Å². The monoisotopic (exact) mass is 302 g/mol. The van der Waals surface area contributed by atoms with Crippen molar-refractivity contribution >= 4 is 0 Å². The van der Waals surface area contributed by atoms with E-state index in [2.05, 4.69) is 25.7 Å². The lowest BCUT2D eigenvalue weighted by atomic mass is 9.99. The molecule has 0 aromatic carbocycles. The molecule has 0 saturated carbocycles. The summed E-state index contributed by atoms with van der Waals surface area (Å²) < 4.78 is 8.19. The van der Waals surface area contributed by atoms with Crippen molar-refractivity contribution in [2.45, 2.75) is 70.1 Å². The molecule has 2 atom stereocenters. The second-order valence-corrected chi connectivity index (χ2v) is 6.80. The zero-order chi connectivity index (χ0) is 14.8. The first-order chi connectivity index (χ1) is 10.9. The summed E-state index contributed by atoms with van der Waals surface area (Å²) in [4.78, 5) is 2.60. The van der Waals surface area contributed by atoms with E-state index in [9.17, 15) is 0 Å². The van der Waals surface area contributed by atoms with Crippen LogP contribution in [0.1, 0.15) is 62.6 Å². The summed E-state index contributed by atoms with van der Waals surface area (Å²) in [6.45, 7) is 3.29. The lowest BCUT2D eigenvalue weighted by Crippen LogP contribution is -2.41. The summed E-state index contributed by atoms with van der Waals surface area (Å²) in [5, 5.41) is 9.04. The summed E-state index contributed by atoms with van der Waals surface area (Å²) in [6.07, 6.45) is 14.0. The van der Waals surface area contributed by atoms with Crippen LogP contribution in [0.4, 0.5) is 0 Å². The number of rotatable bonds is 3. The van der Waals surface area contributed by atoms with E-state index in [1.807, 2.05) is 6.26 Å². The van der Waals surface area contributed by atoms with Gasteiger partial charge in [-0.1, -0.05) is 6.42 Å². The maximum atomic E-state index is 5.79. The standard InChI is InChI=1S/C17H26N4O/c1-4-10-20(13-14-7-3-6-12-22-14)15(8-1)17-19-18-16-9-2-5-11-21(16)17/h6,12,14-15H,1-5,7-11,13H2/t14-,15-/m1/s1. The number of piperidine rings is 1. The van der Waals surface area contributed by atoms with E-state index in [0.717, 1.165) is 38.9 Å². The molecule has 0 spiro atoms. The first-order valence-electron chi connectivity index (χ1n) is 8.88. The molecule has 1 aromatic heterocycles. The summed E-state index contributed by atoms with van der Waals surface area (Å²) in [6, 6.07) is 0.433. The van der Waals surface area contributed by atoms with Crippen molar-refractivity contribution in [3.63, 3.8) is 0 Å². The number of fused-ring (bicyclic) bond motifs is 1. The second kappa shape index (κ2) is 6.41. The quantitative estimate of drug-likeness (QED) is 0.861. The molecule has 1 saturated heterocycles. The lowest BCUT2D eigenvalue weighted by molar-refractivity contribution is 0.0426. The Labute approximate surface area is 132 Å². The van der Waals surface area contributed by atoms with Crippen LogP contribution in [-0.4, -0.2) is 38.9 Å². The van der Waals surface area contributed by atoms with Crippen molar-refractivity contribution in [1.82, 2.24) is 19.7 Å². The summed E-state index contributed by atoms with van der Waals surface area (Å²) >= 11 is 0. The third-order valence-electron chi connectivity index (χ3n) is 5.26. The molecule has 4 heterocycles. The van der Waals surface area contributed by atoms with Crippen LogP contribution in [0.5, 0.6) is 0 Å². The van der Waals surface area contributed by atoms with Crippen LogP contribution in [0.2, 0.25) is 0 Å². The largest absolute Gasteiger partial charge is 0.497 e. The van der Waals surface area contributed by atoms with Gasteiger partial charge in [0.15, 0.2) is 0 Å². The number of ether oxygens (including phenoxy) is 1. The Morgan fingerprint density at radius 2 is 2.05 bits per heavy atom. The molecule has 120 valence electrons. The number of likely N-dealkylation sites (tertiary alicyclic amines) is 1. The zero-order valence-corrected chi connectivity index (χ0v) is 13.3. The molecular weight excluding hydrogens is 276 g/mol. The van der Waals surface area contributed by atoms with Gasteiger partial charge in [-0.2, -0.15) is 0 Å². The van der Waals surface area contributed by atoms with Gasteiger partial charge >= 0.3 is 0 Å². The Kier molecular flexibility index (Phi) is 4.15. The van der Waals surface area contributed by atoms with Gasteiger partial charge in [-0.15, -0.1) is 10.2 Å². The number of hydrogen-bond donors (Lipinski definition) is 0. The molecule has 4 rings (SSSR count). The maximum absolute atomic E-state index is 5.79.